The molecule has 1 fully saturated rings. The van der Waals surface area contributed by atoms with Crippen molar-refractivity contribution in [3.8, 4) is 6.07 Å². The van der Waals surface area contributed by atoms with Crippen molar-refractivity contribution in [2.24, 2.45) is 5.41 Å². The van der Waals surface area contributed by atoms with Crippen LogP contribution in [0.25, 0.3) is 0 Å². The Hall–Kier alpha value is -1.76. The van der Waals surface area contributed by atoms with Crippen LogP contribution in [0.2, 0.25) is 0 Å². The summed E-state index contributed by atoms with van der Waals surface area (Å²) in [6.45, 7) is 0.616. The van der Waals surface area contributed by atoms with Gasteiger partial charge in [0.1, 0.15) is 0 Å². The predicted molar refractivity (Wildman–Crippen MR) is 57.0 cm³/mol. The third-order valence-corrected chi connectivity index (χ3v) is 2.92. The second-order valence-electron chi connectivity index (χ2n) is 4.26. The normalized spacial score (nSPS) is 17.0. The van der Waals surface area contributed by atoms with Gasteiger partial charge in [-0.1, -0.05) is 0 Å². The fraction of sp³-hybridized carbons (Fsp3) is 0.455. The zero-order valence-electron chi connectivity index (χ0n) is 8.44. The Kier molecular flexibility index (Phi) is 2.24. The molecule has 1 heterocycles. The molecule has 2 rings (SSSR count). The number of hydrogen-bond donors (Lipinski definition) is 1. The SMILES string of the molecule is N#CCC1(Cn2cc(N)ccc2=O)CC1. The topological polar surface area (TPSA) is 71.8 Å². The summed E-state index contributed by atoms with van der Waals surface area (Å²) in [6, 6.07) is 5.25. The number of nitrogen functional groups attached to an aromatic ring is 1. The highest BCUT2D eigenvalue weighted by Crippen LogP contribution is 2.49. The van der Waals surface area contributed by atoms with Gasteiger partial charge < -0.3 is 10.3 Å². The first kappa shape index (κ1) is 9.78. The summed E-state index contributed by atoms with van der Waals surface area (Å²) < 4.78 is 1.61. The maximum atomic E-state index is 11.5. The van der Waals surface area contributed by atoms with Gasteiger partial charge in [-0.25, -0.2) is 0 Å². The molecule has 1 aliphatic carbocycles. The number of nitrogens with two attached hydrogens (primary N) is 1. The highest BCUT2D eigenvalue weighted by molar-refractivity contribution is 5.33. The molecule has 0 amide bonds. The Labute approximate surface area is 87.9 Å². The van der Waals surface area contributed by atoms with Crippen LogP contribution in [0.15, 0.2) is 23.1 Å². The van der Waals surface area contributed by atoms with E-state index in [1.54, 1.807) is 16.8 Å². The molecular formula is C11H13N3O. The number of hydrogen-bond acceptors (Lipinski definition) is 3. The molecule has 2 N–H and O–H groups in total. The van der Waals surface area contributed by atoms with E-state index in [-0.39, 0.29) is 11.0 Å². The Balaban J connectivity index is 2.21. The van der Waals surface area contributed by atoms with Gasteiger partial charge in [-0.15, -0.1) is 0 Å². The van der Waals surface area contributed by atoms with Gasteiger partial charge in [0.15, 0.2) is 0 Å². The van der Waals surface area contributed by atoms with E-state index in [1.807, 2.05) is 0 Å². The average Bonchev–Trinajstić information content (AvgIpc) is 2.92. The second-order valence-corrected chi connectivity index (χ2v) is 4.26. The Morgan fingerprint density at radius 1 is 1.53 bits per heavy atom. The van der Waals surface area contributed by atoms with Gasteiger partial charge in [-0.05, 0) is 18.9 Å². The summed E-state index contributed by atoms with van der Waals surface area (Å²) in [4.78, 5) is 11.5. The third-order valence-electron chi connectivity index (χ3n) is 2.92. The molecular weight excluding hydrogens is 190 g/mol. The molecule has 0 spiro atoms. The quantitative estimate of drug-likeness (QED) is 0.800. The maximum Gasteiger partial charge on any atom is 0.250 e. The lowest BCUT2D eigenvalue weighted by Crippen LogP contribution is -2.23. The van der Waals surface area contributed by atoms with E-state index in [2.05, 4.69) is 6.07 Å². The first-order chi connectivity index (χ1) is 7.15. The van der Waals surface area contributed by atoms with Crippen LogP contribution in [0, 0.1) is 16.7 Å². The van der Waals surface area contributed by atoms with Crippen molar-refractivity contribution in [3.63, 3.8) is 0 Å². The zero-order chi connectivity index (χ0) is 10.9. The standard InChI is InChI=1S/C11H13N3O/c12-6-5-11(3-4-11)8-14-7-9(13)1-2-10(14)15/h1-2,7H,3-5,8,13H2. The summed E-state index contributed by atoms with van der Waals surface area (Å²) in [7, 11) is 0. The van der Waals surface area contributed by atoms with E-state index in [0.717, 1.165) is 12.8 Å². The molecule has 15 heavy (non-hydrogen) atoms. The Morgan fingerprint density at radius 3 is 2.87 bits per heavy atom. The second kappa shape index (κ2) is 3.43. The minimum Gasteiger partial charge on any atom is -0.398 e. The van der Waals surface area contributed by atoms with E-state index in [0.29, 0.717) is 18.7 Å². The van der Waals surface area contributed by atoms with Gasteiger partial charge in [0.05, 0.1) is 6.07 Å². The van der Waals surface area contributed by atoms with E-state index in [4.69, 9.17) is 11.0 Å². The van der Waals surface area contributed by atoms with Crippen molar-refractivity contribution >= 4 is 5.69 Å². The fourth-order valence-corrected chi connectivity index (χ4v) is 1.77. The van der Waals surface area contributed by atoms with E-state index in [1.165, 1.54) is 6.07 Å². The van der Waals surface area contributed by atoms with E-state index >= 15 is 0 Å². The van der Waals surface area contributed by atoms with Crippen molar-refractivity contribution in [1.29, 1.82) is 5.26 Å². The summed E-state index contributed by atoms with van der Waals surface area (Å²) in [5, 5.41) is 8.68. The van der Waals surface area contributed by atoms with Crippen LogP contribution >= 0.6 is 0 Å². The van der Waals surface area contributed by atoms with Crippen LogP contribution in [0.3, 0.4) is 0 Å². The zero-order valence-corrected chi connectivity index (χ0v) is 8.44. The predicted octanol–water partition coefficient (Wildman–Crippen LogP) is 1.12. The van der Waals surface area contributed by atoms with E-state index < -0.39 is 0 Å². The largest absolute Gasteiger partial charge is 0.398 e. The summed E-state index contributed by atoms with van der Waals surface area (Å²) in [5.74, 6) is 0. The molecule has 1 saturated carbocycles. The number of pyridine rings is 1. The van der Waals surface area contributed by atoms with Crippen LogP contribution in [0.5, 0.6) is 0 Å². The number of anilines is 1. The number of aromatic nitrogens is 1. The molecule has 4 heteroatoms. The summed E-state index contributed by atoms with van der Waals surface area (Å²) >= 11 is 0. The molecule has 4 nitrogen and oxygen atoms in total. The van der Waals surface area contributed by atoms with Gasteiger partial charge in [-0.3, -0.25) is 4.79 Å². The third kappa shape index (κ3) is 2.01. The lowest BCUT2D eigenvalue weighted by Gasteiger charge is -2.13. The van der Waals surface area contributed by atoms with Gasteiger partial charge in [0, 0.05) is 36.3 Å². The van der Waals surface area contributed by atoms with Crippen molar-refractivity contribution in [1.82, 2.24) is 4.57 Å². The number of nitrogens with zero attached hydrogens (tertiary/aromatic N) is 2. The molecule has 1 aromatic heterocycles. The monoisotopic (exact) mass is 203 g/mol. The van der Waals surface area contributed by atoms with Crippen LogP contribution < -0.4 is 11.3 Å². The van der Waals surface area contributed by atoms with Crippen molar-refractivity contribution in [2.75, 3.05) is 5.73 Å². The fourth-order valence-electron chi connectivity index (χ4n) is 1.77. The smallest absolute Gasteiger partial charge is 0.250 e. The molecule has 0 aliphatic heterocycles. The van der Waals surface area contributed by atoms with Crippen LogP contribution in [0.4, 0.5) is 5.69 Å². The first-order valence-electron chi connectivity index (χ1n) is 4.98. The van der Waals surface area contributed by atoms with Crippen molar-refractivity contribution in [2.45, 2.75) is 25.8 Å². The van der Waals surface area contributed by atoms with Crippen LogP contribution in [-0.2, 0) is 6.54 Å². The molecule has 0 aromatic carbocycles. The Morgan fingerprint density at radius 2 is 2.27 bits per heavy atom. The molecule has 0 atom stereocenters. The minimum atomic E-state index is -0.0478. The average molecular weight is 203 g/mol. The molecule has 1 aliphatic rings. The Bertz CT molecular complexity index is 465. The lowest BCUT2D eigenvalue weighted by atomic mass is 10.0. The maximum absolute atomic E-state index is 11.5. The van der Waals surface area contributed by atoms with Gasteiger partial charge in [0.25, 0.3) is 5.56 Å². The summed E-state index contributed by atoms with van der Waals surface area (Å²) in [6.07, 6.45) is 4.23. The number of nitriles is 1. The molecule has 78 valence electrons. The van der Waals surface area contributed by atoms with E-state index in [9.17, 15) is 4.79 Å². The highest BCUT2D eigenvalue weighted by atomic mass is 16.1. The van der Waals surface area contributed by atoms with Gasteiger partial charge in [0.2, 0.25) is 0 Å². The molecule has 0 radical (unpaired) electrons. The molecule has 0 saturated heterocycles. The summed E-state index contributed by atoms with van der Waals surface area (Å²) in [5.41, 5.74) is 6.19. The number of rotatable bonds is 3. The van der Waals surface area contributed by atoms with Crippen molar-refractivity contribution in [3.05, 3.63) is 28.7 Å². The molecule has 1 aromatic rings. The lowest BCUT2D eigenvalue weighted by molar-refractivity contribution is 0.424. The molecule has 0 unspecified atom stereocenters. The first-order valence-corrected chi connectivity index (χ1v) is 4.98. The van der Waals surface area contributed by atoms with Gasteiger partial charge in [-0.2, -0.15) is 5.26 Å². The molecule has 0 bridgehead atoms. The minimum absolute atomic E-state index is 0.0341. The van der Waals surface area contributed by atoms with Crippen molar-refractivity contribution < 1.29 is 0 Å². The highest BCUT2D eigenvalue weighted by Gasteiger charge is 2.42. The van der Waals surface area contributed by atoms with Crippen LogP contribution in [0.1, 0.15) is 19.3 Å². The van der Waals surface area contributed by atoms with Crippen LogP contribution in [-0.4, -0.2) is 4.57 Å². The van der Waals surface area contributed by atoms with Gasteiger partial charge >= 0.3 is 0 Å².